The van der Waals surface area contributed by atoms with Gasteiger partial charge in [0, 0.05) is 19.6 Å². The van der Waals surface area contributed by atoms with Gasteiger partial charge in [-0.3, -0.25) is 14.6 Å². The molecule has 3 aromatic rings. The fraction of sp³-hybridized carbons (Fsp3) is 0.231. The lowest BCUT2D eigenvalue weighted by Crippen LogP contribution is -2.49. The minimum absolute atomic E-state index is 0.0225. The number of hydrogen-bond donors (Lipinski definition) is 1. The van der Waals surface area contributed by atoms with Crippen LogP contribution in [-0.2, 0) is 16.9 Å². The van der Waals surface area contributed by atoms with E-state index in [1.807, 2.05) is 66.7 Å². The highest BCUT2D eigenvalue weighted by Crippen LogP contribution is 2.41. The van der Waals surface area contributed by atoms with E-state index in [4.69, 9.17) is 10.7 Å². The molecule has 0 saturated carbocycles. The van der Waals surface area contributed by atoms with Crippen molar-refractivity contribution in [2.45, 2.75) is 24.5 Å². The molecule has 1 saturated heterocycles. The van der Waals surface area contributed by atoms with E-state index >= 15 is 0 Å². The molecule has 1 atom stereocenters. The predicted molar refractivity (Wildman–Crippen MR) is 122 cm³/mol. The SMILES string of the molecule is NC1=NC(c2ccccc2)(c2ccccc2)C(=O)N1C1CCN(Cc2ccccc2)C1. The minimum Gasteiger partial charge on any atom is -0.369 e. The first kappa shape index (κ1) is 19.5. The number of hydrogen-bond acceptors (Lipinski definition) is 4. The fourth-order valence-electron chi connectivity index (χ4n) is 4.81. The van der Waals surface area contributed by atoms with E-state index in [0.29, 0.717) is 5.96 Å². The summed E-state index contributed by atoms with van der Waals surface area (Å²) in [4.78, 5) is 23.0. The van der Waals surface area contributed by atoms with Crippen LogP contribution in [0, 0.1) is 0 Å². The van der Waals surface area contributed by atoms with Crippen LogP contribution in [0.15, 0.2) is 96.0 Å². The monoisotopic (exact) mass is 410 g/mol. The van der Waals surface area contributed by atoms with E-state index in [1.54, 1.807) is 4.90 Å². The first-order valence-electron chi connectivity index (χ1n) is 10.7. The van der Waals surface area contributed by atoms with Crippen molar-refractivity contribution < 1.29 is 4.79 Å². The third-order valence-corrected chi connectivity index (χ3v) is 6.30. The number of nitrogens with zero attached hydrogens (tertiary/aromatic N) is 3. The average Bonchev–Trinajstić information content (AvgIpc) is 3.37. The second-order valence-electron chi connectivity index (χ2n) is 8.25. The van der Waals surface area contributed by atoms with Gasteiger partial charge in [-0.2, -0.15) is 0 Å². The molecular weight excluding hydrogens is 384 g/mol. The summed E-state index contributed by atoms with van der Waals surface area (Å²) in [5, 5.41) is 0. The number of amides is 1. The lowest BCUT2D eigenvalue weighted by atomic mass is 9.82. The van der Waals surface area contributed by atoms with Crippen molar-refractivity contribution >= 4 is 11.9 Å². The summed E-state index contributed by atoms with van der Waals surface area (Å²) >= 11 is 0. The van der Waals surface area contributed by atoms with Crippen LogP contribution in [-0.4, -0.2) is 40.8 Å². The fourth-order valence-corrected chi connectivity index (χ4v) is 4.81. The molecule has 156 valence electrons. The van der Waals surface area contributed by atoms with Crippen molar-refractivity contribution in [2.75, 3.05) is 13.1 Å². The summed E-state index contributed by atoms with van der Waals surface area (Å²) in [5.74, 6) is 0.248. The van der Waals surface area contributed by atoms with Crippen molar-refractivity contribution in [3.63, 3.8) is 0 Å². The van der Waals surface area contributed by atoms with E-state index in [-0.39, 0.29) is 11.9 Å². The molecule has 2 heterocycles. The van der Waals surface area contributed by atoms with Gasteiger partial charge in [-0.25, -0.2) is 4.99 Å². The molecule has 0 aliphatic carbocycles. The van der Waals surface area contributed by atoms with Gasteiger partial charge in [-0.1, -0.05) is 91.0 Å². The molecule has 0 aromatic heterocycles. The van der Waals surface area contributed by atoms with Crippen molar-refractivity contribution in [3.05, 3.63) is 108 Å². The largest absolute Gasteiger partial charge is 0.369 e. The molecule has 0 radical (unpaired) electrons. The molecule has 1 unspecified atom stereocenters. The van der Waals surface area contributed by atoms with Gasteiger partial charge in [-0.15, -0.1) is 0 Å². The number of nitrogens with two attached hydrogens (primary N) is 1. The molecule has 3 aromatic carbocycles. The smallest absolute Gasteiger partial charge is 0.266 e. The Morgan fingerprint density at radius 1 is 0.871 bits per heavy atom. The third-order valence-electron chi connectivity index (χ3n) is 6.30. The Balaban J connectivity index is 1.45. The zero-order chi connectivity index (χ0) is 21.3. The first-order valence-corrected chi connectivity index (χ1v) is 10.7. The van der Waals surface area contributed by atoms with Gasteiger partial charge in [0.2, 0.25) is 0 Å². The number of carbonyl (C=O) groups is 1. The maximum atomic E-state index is 14.0. The third kappa shape index (κ3) is 3.41. The van der Waals surface area contributed by atoms with Crippen LogP contribution in [0.5, 0.6) is 0 Å². The number of aliphatic imine (C=N–C) groups is 1. The van der Waals surface area contributed by atoms with Crippen LogP contribution < -0.4 is 5.73 Å². The molecule has 1 fully saturated rings. The highest BCUT2D eigenvalue weighted by molar-refractivity contribution is 6.09. The van der Waals surface area contributed by atoms with Crippen molar-refractivity contribution in [1.82, 2.24) is 9.80 Å². The second kappa shape index (κ2) is 8.00. The van der Waals surface area contributed by atoms with Gasteiger partial charge < -0.3 is 5.73 Å². The average molecular weight is 411 g/mol. The van der Waals surface area contributed by atoms with Crippen LogP contribution in [0.2, 0.25) is 0 Å². The summed E-state index contributed by atoms with van der Waals surface area (Å²) in [6.07, 6.45) is 0.883. The van der Waals surface area contributed by atoms with Gasteiger partial charge in [0.1, 0.15) is 0 Å². The van der Waals surface area contributed by atoms with Crippen LogP contribution in [0.25, 0.3) is 0 Å². The molecule has 0 spiro atoms. The topological polar surface area (TPSA) is 61.9 Å². The van der Waals surface area contributed by atoms with Gasteiger partial charge in [0.05, 0.1) is 6.04 Å². The number of likely N-dealkylation sites (tertiary alicyclic amines) is 1. The molecular formula is C26H26N4O. The molecule has 1 amide bonds. The zero-order valence-electron chi connectivity index (χ0n) is 17.4. The zero-order valence-corrected chi connectivity index (χ0v) is 17.4. The van der Waals surface area contributed by atoms with Gasteiger partial charge in [0.15, 0.2) is 11.5 Å². The van der Waals surface area contributed by atoms with Crippen LogP contribution in [0.1, 0.15) is 23.1 Å². The highest BCUT2D eigenvalue weighted by atomic mass is 16.2. The molecule has 2 aliphatic rings. The number of carbonyl (C=O) groups excluding carboxylic acids is 1. The van der Waals surface area contributed by atoms with Crippen molar-refractivity contribution in [2.24, 2.45) is 10.7 Å². The van der Waals surface area contributed by atoms with E-state index in [1.165, 1.54) is 5.56 Å². The maximum absolute atomic E-state index is 14.0. The Hall–Kier alpha value is -3.44. The van der Waals surface area contributed by atoms with Gasteiger partial charge >= 0.3 is 0 Å². The molecule has 31 heavy (non-hydrogen) atoms. The highest BCUT2D eigenvalue weighted by Gasteiger charge is 2.52. The van der Waals surface area contributed by atoms with E-state index in [9.17, 15) is 4.79 Å². The maximum Gasteiger partial charge on any atom is 0.266 e. The summed E-state index contributed by atoms with van der Waals surface area (Å²) in [5.41, 5.74) is 8.27. The number of guanidine groups is 1. The van der Waals surface area contributed by atoms with Gasteiger partial charge in [0.25, 0.3) is 5.91 Å². The van der Waals surface area contributed by atoms with Crippen LogP contribution in [0.3, 0.4) is 0 Å². The summed E-state index contributed by atoms with van der Waals surface area (Å²) in [6.45, 7) is 2.59. The van der Waals surface area contributed by atoms with Crippen LogP contribution in [0.4, 0.5) is 0 Å². The Labute approximate surface area is 182 Å². The Morgan fingerprint density at radius 2 is 1.42 bits per heavy atom. The molecule has 5 heteroatoms. The summed E-state index contributed by atoms with van der Waals surface area (Å²) < 4.78 is 0. The normalized spacial score (nSPS) is 20.8. The Morgan fingerprint density at radius 3 is 2.00 bits per heavy atom. The van der Waals surface area contributed by atoms with E-state index in [0.717, 1.165) is 37.2 Å². The Kier molecular flexibility index (Phi) is 5.04. The van der Waals surface area contributed by atoms with Crippen molar-refractivity contribution in [3.8, 4) is 0 Å². The predicted octanol–water partition coefficient (Wildman–Crippen LogP) is 3.36. The van der Waals surface area contributed by atoms with Crippen molar-refractivity contribution in [1.29, 1.82) is 0 Å². The molecule has 0 bridgehead atoms. The minimum atomic E-state index is -1.13. The quantitative estimate of drug-likeness (QED) is 0.702. The summed E-state index contributed by atoms with van der Waals surface area (Å²) in [6, 6.07) is 30.0. The van der Waals surface area contributed by atoms with Gasteiger partial charge in [-0.05, 0) is 23.1 Å². The first-order chi connectivity index (χ1) is 15.2. The van der Waals surface area contributed by atoms with E-state index in [2.05, 4.69) is 29.2 Å². The lowest BCUT2D eigenvalue weighted by Gasteiger charge is -2.30. The lowest BCUT2D eigenvalue weighted by molar-refractivity contribution is -0.131. The van der Waals surface area contributed by atoms with E-state index < -0.39 is 5.54 Å². The number of rotatable bonds is 5. The molecule has 5 rings (SSSR count). The standard InChI is InChI=1S/C26H26N4O/c27-25-28-26(21-12-6-2-7-13-21,22-14-8-3-9-15-22)24(31)30(25)23-16-17-29(19-23)18-20-10-4-1-5-11-20/h1-15,23H,16-19H2,(H2,27,28). The Bertz CT molecular complexity index is 1040. The molecule has 2 N–H and O–H groups in total. The second-order valence-corrected chi connectivity index (χ2v) is 8.25. The number of benzene rings is 3. The summed E-state index contributed by atoms with van der Waals surface area (Å²) in [7, 11) is 0. The van der Waals surface area contributed by atoms with Crippen LogP contribution >= 0.6 is 0 Å². The molecule has 5 nitrogen and oxygen atoms in total. The molecule has 2 aliphatic heterocycles.